The Labute approximate surface area is 103 Å². The number of rotatable bonds is 9. The summed E-state index contributed by atoms with van der Waals surface area (Å²) in [7, 11) is 6.78. The number of hydrogen-bond donors (Lipinski definition) is 2. The Kier molecular flexibility index (Phi) is 8.22. The van der Waals surface area contributed by atoms with Crippen molar-refractivity contribution < 1.29 is 9.47 Å². The van der Waals surface area contributed by atoms with Gasteiger partial charge in [0.1, 0.15) is 15.7 Å². The first-order valence-electron chi connectivity index (χ1n) is 5.81. The molecule has 0 bridgehead atoms. The summed E-state index contributed by atoms with van der Waals surface area (Å²) < 4.78 is 10.6. The summed E-state index contributed by atoms with van der Waals surface area (Å²) in [4.78, 5) is 0. The molecule has 0 aromatic rings. The fourth-order valence-corrected chi connectivity index (χ4v) is 2.15. The zero-order valence-corrected chi connectivity index (χ0v) is 11.9. The van der Waals surface area contributed by atoms with Crippen LogP contribution < -0.4 is 11.1 Å². The number of nitrogens with one attached hydrogen (secondary N) is 1. The van der Waals surface area contributed by atoms with E-state index < -0.39 is 5.41 Å². The van der Waals surface area contributed by atoms with Crippen LogP contribution in [0, 0.1) is 5.92 Å². The maximum atomic E-state index is 5.49. The summed E-state index contributed by atoms with van der Waals surface area (Å²) >= 11 is 0. The van der Waals surface area contributed by atoms with Gasteiger partial charge in [-0.15, -0.1) is 0 Å². The summed E-state index contributed by atoms with van der Waals surface area (Å²) in [6, 6.07) is 0.435. The van der Waals surface area contributed by atoms with Gasteiger partial charge in [-0.25, -0.2) is 0 Å². The lowest BCUT2D eigenvalue weighted by atomic mass is 9.95. The van der Waals surface area contributed by atoms with Crippen molar-refractivity contribution in [3.63, 3.8) is 0 Å². The maximum absolute atomic E-state index is 5.49. The van der Waals surface area contributed by atoms with E-state index >= 15 is 0 Å². The van der Waals surface area contributed by atoms with E-state index in [2.05, 4.69) is 29.4 Å². The fraction of sp³-hybridized carbons (Fsp3) is 1.00. The number of ether oxygens (including phenoxy) is 2. The van der Waals surface area contributed by atoms with Crippen molar-refractivity contribution in [3.8, 4) is 0 Å². The minimum Gasteiger partial charge on any atom is -0.358 e. The summed E-state index contributed by atoms with van der Waals surface area (Å²) in [5.74, 6) is 0.439. The van der Waals surface area contributed by atoms with Crippen LogP contribution in [0.25, 0.3) is 0 Å². The molecule has 16 heavy (non-hydrogen) atoms. The molecule has 3 radical (unpaired) electrons. The van der Waals surface area contributed by atoms with Gasteiger partial charge in [0, 0.05) is 39.8 Å². The van der Waals surface area contributed by atoms with E-state index in [1.165, 1.54) is 0 Å². The van der Waals surface area contributed by atoms with Gasteiger partial charge >= 0.3 is 0 Å². The van der Waals surface area contributed by atoms with Gasteiger partial charge in [-0.2, -0.15) is 0 Å². The highest BCUT2D eigenvalue weighted by Crippen LogP contribution is 2.21. The Hall–Kier alpha value is 0.0569. The highest BCUT2D eigenvalue weighted by molar-refractivity contribution is 6.13. The van der Waals surface area contributed by atoms with Gasteiger partial charge in [0.05, 0.1) is 0 Å². The molecule has 4 nitrogen and oxygen atoms in total. The van der Waals surface area contributed by atoms with Crippen LogP contribution in [0.1, 0.15) is 26.7 Å². The maximum Gasteiger partial charge on any atom is 0.143 e. The quantitative estimate of drug-likeness (QED) is 0.457. The average Bonchev–Trinajstić information content (AvgIpc) is 2.29. The van der Waals surface area contributed by atoms with Gasteiger partial charge in [-0.3, -0.25) is 0 Å². The first-order chi connectivity index (χ1) is 7.52. The zero-order valence-electron chi connectivity index (χ0n) is 10.9. The summed E-state index contributed by atoms with van der Waals surface area (Å²) in [5.41, 5.74) is 4.81. The van der Waals surface area contributed by atoms with Crippen LogP contribution >= 0.6 is 0 Å². The van der Waals surface area contributed by atoms with Crippen molar-refractivity contribution >= 4 is 10.2 Å². The second-order valence-corrected chi connectivity index (χ2v) is 4.86. The van der Waals surface area contributed by atoms with Crippen molar-refractivity contribution in [3.05, 3.63) is 0 Å². The van der Waals surface area contributed by atoms with Crippen molar-refractivity contribution in [2.24, 2.45) is 11.7 Å². The summed E-state index contributed by atoms with van der Waals surface area (Å²) in [6.07, 6.45) is 1.85. The largest absolute Gasteiger partial charge is 0.358 e. The van der Waals surface area contributed by atoms with Crippen molar-refractivity contribution in [1.29, 1.82) is 0 Å². The molecule has 0 aliphatic rings. The van der Waals surface area contributed by atoms with Gasteiger partial charge in [-0.05, 0) is 12.3 Å². The van der Waals surface area contributed by atoms with Crippen molar-refractivity contribution in [1.82, 2.24) is 5.32 Å². The van der Waals surface area contributed by atoms with Gasteiger partial charge < -0.3 is 20.5 Å². The molecule has 0 aromatic carbocycles. The van der Waals surface area contributed by atoms with Gasteiger partial charge in [-0.1, -0.05) is 13.8 Å². The lowest BCUT2D eigenvalue weighted by molar-refractivity contribution is -0.154. The molecule has 5 heteroatoms. The molecule has 0 saturated carbocycles. The molecule has 0 aromatic heterocycles. The third-order valence-corrected chi connectivity index (χ3v) is 3.54. The normalized spacial score (nSPS) is 16.1. The monoisotopic (exact) mass is 245 g/mol. The van der Waals surface area contributed by atoms with Gasteiger partial charge in [0.25, 0.3) is 0 Å². The molecule has 2 unspecified atom stereocenters. The first-order valence-corrected chi connectivity index (χ1v) is 6.31. The first kappa shape index (κ1) is 16.1. The third kappa shape index (κ3) is 5.40. The SMILES string of the molecule is CCC(NCCN)C(C)CC([Si])(OC)OC. The molecule has 0 aliphatic heterocycles. The topological polar surface area (TPSA) is 56.5 Å². The smallest absolute Gasteiger partial charge is 0.143 e. The van der Waals surface area contributed by atoms with Crippen LogP contribution in [-0.2, 0) is 9.47 Å². The Morgan fingerprint density at radius 2 is 1.94 bits per heavy atom. The van der Waals surface area contributed by atoms with Crippen molar-refractivity contribution in [2.45, 2.75) is 38.1 Å². The molecule has 0 spiro atoms. The molecule has 0 fully saturated rings. The minimum atomic E-state index is -0.683. The number of nitrogens with two attached hydrogens (primary N) is 1. The van der Waals surface area contributed by atoms with Gasteiger partial charge in [0.15, 0.2) is 0 Å². The van der Waals surface area contributed by atoms with E-state index in [-0.39, 0.29) is 0 Å². The van der Waals surface area contributed by atoms with E-state index in [1.807, 2.05) is 0 Å². The van der Waals surface area contributed by atoms with Gasteiger partial charge in [0.2, 0.25) is 0 Å². The lowest BCUT2D eigenvalue weighted by Gasteiger charge is -2.33. The van der Waals surface area contributed by atoms with Crippen LogP contribution in [0.15, 0.2) is 0 Å². The minimum absolute atomic E-state index is 0.435. The second kappa shape index (κ2) is 8.19. The summed E-state index contributed by atoms with van der Waals surface area (Å²) in [6.45, 7) is 5.86. The molecule has 0 rings (SSSR count). The Balaban J connectivity index is 4.23. The summed E-state index contributed by atoms with van der Waals surface area (Å²) in [5, 5.41) is 3.43. The Morgan fingerprint density at radius 1 is 1.38 bits per heavy atom. The number of hydrogen-bond acceptors (Lipinski definition) is 4. The van der Waals surface area contributed by atoms with Crippen LogP contribution in [0.5, 0.6) is 0 Å². The van der Waals surface area contributed by atoms with Crippen LogP contribution in [0.3, 0.4) is 0 Å². The highest BCUT2D eigenvalue weighted by Gasteiger charge is 2.28. The second-order valence-electron chi connectivity index (χ2n) is 4.10. The Bertz CT molecular complexity index is 177. The van der Waals surface area contributed by atoms with Crippen molar-refractivity contribution in [2.75, 3.05) is 27.3 Å². The molecule has 3 N–H and O–H groups in total. The number of methoxy groups -OCH3 is 2. The molecular formula is C11H25N2O2Si. The van der Waals surface area contributed by atoms with Crippen LogP contribution in [0.2, 0.25) is 0 Å². The van der Waals surface area contributed by atoms with E-state index in [0.717, 1.165) is 19.4 Å². The zero-order chi connectivity index (χ0) is 12.6. The molecular weight excluding hydrogens is 220 g/mol. The molecule has 0 saturated heterocycles. The van der Waals surface area contributed by atoms with E-state index in [0.29, 0.717) is 18.5 Å². The lowest BCUT2D eigenvalue weighted by Crippen LogP contribution is -2.43. The highest BCUT2D eigenvalue weighted by atomic mass is 28.1. The molecule has 0 heterocycles. The third-order valence-electron chi connectivity index (χ3n) is 2.93. The molecule has 95 valence electrons. The van der Waals surface area contributed by atoms with E-state index in [4.69, 9.17) is 15.2 Å². The fourth-order valence-electron chi connectivity index (χ4n) is 1.83. The molecule has 0 amide bonds. The predicted molar refractivity (Wildman–Crippen MR) is 67.4 cm³/mol. The average molecular weight is 245 g/mol. The molecule has 2 atom stereocenters. The van der Waals surface area contributed by atoms with E-state index in [1.54, 1.807) is 14.2 Å². The standard InChI is InChI=1S/C11H25N2O2Si/c1-5-10(13-7-6-12)9(2)8-11(16,14-3)15-4/h9-10,13H,5-8,12H2,1-4H3. The predicted octanol–water partition coefficient (Wildman–Crippen LogP) is 0.455. The Morgan fingerprint density at radius 3 is 2.31 bits per heavy atom. The van der Waals surface area contributed by atoms with Crippen LogP contribution in [0.4, 0.5) is 0 Å². The van der Waals surface area contributed by atoms with E-state index in [9.17, 15) is 0 Å². The van der Waals surface area contributed by atoms with Crippen LogP contribution in [-0.4, -0.2) is 49.0 Å². The molecule has 0 aliphatic carbocycles.